The Morgan fingerprint density at radius 1 is 0.415 bits per heavy atom. The molecule has 0 bridgehead atoms. The van der Waals surface area contributed by atoms with Gasteiger partial charge in [0.05, 0.1) is 0 Å². The fourth-order valence-corrected chi connectivity index (χ4v) is 9.83. The summed E-state index contributed by atoms with van der Waals surface area (Å²) in [4.78, 5) is 55.1. The molecule has 0 aromatic heterocycles. The normalized spacial score (nSPS) is 13.5. The molecule has 4 aromatic rings. The predicted octanol–water partition coefficient (Wildman–Crippen LogP) is 19.3. The van der Waals surface area contributed by atoms with Gasteiger partial charge in [-0.15, -0.1) is 0 Å². The van der Waals surface area contributed by atoms with E-state index >= 15 is 0 Å². The largest absolute Gasteiger partial charge is 0.514 e. The summed E-state index contributed by atoms with van der Waals surface area (Å²) in [7, 11) is 0. The Hall–Kier alpha value is -6.10. The fraction of sp³-hybridized carbons (Fsp3) is 0.577. The molecule has 0 radical (unpaired) electrons. The van der Waals surface area contributed by atoms with Crippen molar-refractivity contribution < 1.29 is 52.3 Å². The SMILES string of the molecule is C=CC(=O)Oc1c(Cc2cc(C)cc(C(C)(C)CCC(C)(C)c3cc(C(C)(C)C)cc(C(C)c4cc(C(C)(C)C)cc(C(C)(C)C)c4OC(=O)OC(C)(C)C)c3OC(=O)OC(C)(C)C)c2OC(=O)OC(C)(C)C)cc(C)cc1C(C)(C)C. The van der Waals surface area contributed by atoms with E-state index in [-0.39, 0.29) is 17.3 Å². The summed E-state index contributed by atoms with van der Waals surface area (Å²) < 4.78 is 43.1. The van der Waals surface area contributed by atoms with Gasteiger partial charge in [0.25, 0.3) is 0 Å². The molecule has 11 heteroatoms. The topological polar surface area (TPSA) is 133 Å². The molecular formula is C71H102O11. The summed E-state index contributed by atoms with van der Waals surface area (Å²) in [5.41, 5.74) is 4.62. The number of carbonyl (C=O) groups excluding carboxylic acids is 4. The zero-order valence-corrected chi connectivity index (χ0v) is 55.6. The number of rotatable bonds is 14. The second-order valence-corrected chi connectivity index (χ2v) is 31.0. The highest BCUT2D eigenvalue weighted by molar-refractivity contribution is 5.84. The average Bonchev–Trinajstić information content (AvgIpc) is 3.42. The van der Waals surface area contributed by atoms with E-state index in [1.807, 2.05) is 32.0 Å². The quantitative estimate of drug-likeness (QED) is 0.0393. The van der Waals surface area contributed by atoms with Crippen LogP contribution in [0.1, 0.15) is 266 Å². The van der Waals surface area contributed by atoms with E-state index < -0.39 is 68.8 Å². The standard InChI is InChI=1S/C71H102O11/c1-30-55(72)76-56-45(33-42(2)35-51(56)65(11,12)13)37-46-34-43(3)36-53(57(46)77-60(73)80-67(17,18)19)70(26,27)31-32-71(28,29)54-41-48(64(8,9)10)39-50(59(54)79-62(75)82-69(23,24)25)44(4)49-38-47(63(5,6)7)40-52(66(14,15)16)58(49)78-61(74)81-68(20,21)22/h30,33-36,38-41,44H,1,31-32,37H2,2-29H3. The van der Waals surface area contributed by atoms with Gasteiger partial charge in [-0.1, -0.05) is 184 Å². The number of hydrogen-bond acceptors (Lipinski definition) is 11. The number of carbonyl (C=O) groups is 4. The lowest BCUT2D eigenvalue weighted by atomic mass is 9.69. The van der Waals surface area contributed by atoms with Crippen molar-refractivity contribution in [3.05, 3.63) is 128 Å². The fourth-order valence-electron chi connectivity index (χ4n) is 9.83. The Bertz CT molecular complexity index is 3020. The van der Waals surface area contributed by atoms with Crippen LogP contribution >= 0.6 is 0 Å². The van der Waals surface area contributed by atoms with Gasteiger partial charge in [0, 0.05) is 62.9 Å². The first-order valence-electron chi connectivity index (χ1n) is 29.1. The molecule has 452 valence electrons. The Labute approximate surface area is 494 Å². The van der Waals surface area contributed by atoms with Crippen molar-refractivity contribution in [2.75, 3.05) is 0 Å². The maximum absolute atomic E-state index is 14.3. The summed E-state index contributed by atoms with van der Waals surface area (Å²) in [5, 5.41) is 0. The molecule has 0 spiro atoms. The van der Waals surface area contributed by atoms with E-state index in [0.717, 1.165) is 61.7 Å². The van der Waals surface area contributed by atoms with Crippen molar-refractivity contribution in [2.24, 2.45) is 0 Å². The molecular weight excluding hydrogens is 1030 g/mol. The number of esters is 1. The molecule has 1 unspecified atom stereocenters. The minimum Gasteiger partial charge on any atom is -0.428 e. The number of ether oxygens (including phenoxy) is 7. The summed E-state index contributed by atoms with van der Waals surface area (Å²) in [6.07, 6.45) is -0.00317. The lowest BCUT2D eigenvalue weighted by Crippen LogP contribution is -2.30. The molecule has 4 aromatic carbocycles. The summed E-state index contributed by atoms with van der Waals surface area (Å²) in [5.74, 6) is 0.436. The van der Waals surface area contributed by atoms with Gasteiger partial charge in [0.1, 0.15) is 39.8 Å². The maximum Gasteiger partial charge on any atom is 0.514 e. The van der Waals surface area contributed by atoms with Gasteiger partial charge in [-0.3, -0.25) is 0 Å². The van der Waals surface area contributed by atoms with Gasteiger partial charge in [-0.2, -0.15) is 0 Å². The minimum atomic E-state index is -0.872. The molecule has 0 fully saturated rings. The number of aryl methyl sites for hydroxylation is 2. The summed E-state index contributed by atoms with van der Waals surface area (Å²) in [6.45, 7) is 60.1. The van der Waals surface area contributed by atoms with E-state index in [9.17, 15) is 19.2 Å². The van der Waals surface area contributed by atoms with Gasteiger partial charge in [0.15, 0.2) is 0 Å². The molecule has 0 heterocycles. The van der Waals surface area contributed by atoms with Crippen LogP contribution in [0.2, 0.25) is 0 Å². The van der Waals surface area contributed by atoms with E-state index in [2.05, 4.69) is 155 Å². The predicted molar refractivity (Wildman–Crippen MR) is 332 cm³/mol. The molecule has 4 rings (SSSR count). The van der Waals surface area contributed by atoms with Crippen molar-refractivity contribution in [2.45, 2.75) is 268 Å². The Kier molecular flexibility index (Phi) is 20.2. The van der Waals surface area contributed by atoms with Crippen molar-refractivity contribution in [3.8, 4) is 23.0 Å². The Balaban J connectivity index is 2.09. The first kappa shape index (κ1) is 68.4. The monoisotopic (exact) mass is 1130 g/mol. The van der Waals surface area contributed by atoms with Crippen LogP contribution in [0.25, 0.3) is 0 Å². The van der Waals surface area contributed by atoms with Crippen LogP contribution in [0, 0.1) is 13.8 Å². The van der Waals surface area contributed by atoms with Gasteiger partial charge in [-0.25, -0.2) is 19.2 Å². The van der Waals surface area contributed by atoms with E-state index in [1.165, 1.54) is 0 Å². The minimum absolute atomic E-state index is 0.255. The third kappa shape index (κ3) is 18.4. The van der Waals surface area contributed by atoms with Gasteiger partial charge in [-0.05, 0) is 133 Å². The number of benzene rings is 4. The van der Waals surface area contributed by atoms with E-state index in [1.54, 1.807) is 62.3 Å². The van der Waals surface area contributed by atoms with Crippen LogP contribution in [-0.4, -0.2) is 41.2 Å². The van der Waals surface area contributed by atoms with Crippen LogP contribution in [0.15, 0.2) is 61.2 Å². The van der Waals surface area contributed by atoms with Crippen LogP contribution in [-0.2, 0) is 57.9 Å². The van der Waals surface area contributed by atoms with Gasteiger partial charge in [0.2, 0.25) is 0 Å². The van der Waals surface area contributed by atoms with Crippen molar-refractivity contribution in [3.63, 3.8) is 0 Å². The smallest absolute Gasteiger partial charge is 0.428 e. The van der Waals surface area contributed by atoms with Crippen molar-refractivity contribution in [1.29, 1.82) is 0 Å². The third-order valence-corrected chi connectivity index (χ3v) is 14.4. The first-order chi connectivity index (χ1) is 36.8. The van der Waals surface area contributed by atoms with Crippen LogP contribution in [0.4, 0.5) is 14.4 Å². The summed E-state index contributed by atoms with van der Waals surface area (Å²) in [6, 6.07) is 16.6. The average molecular weight is 1130 g/mol. The maximum atomic E-state index is 14.3. The molecule has 1 atom stereocenters. The molecule has 11 nitrogen and oxygen atoms in total. The molecule has 0 saturated heterocycles. The molecule has 0 aliphatic carbocycles. The molecule has 82 heavy (non-hydrogen) atoms. The Morgan fingerprint density at radius 3 is 1.06 bits per heavy atom. The highest BCUT2D eigenvalue weighted by Crippen LogP contribution is 2.51. The van der Waals surface area contributed by atoms with Crippen molar-refractivity contribution >= 4 is 24.4 Å². The summed E-state index contributed by atoms with van der Waals surface area (Å²) >= 11 is 0. The number of hydrogen-bond donors (Lipinski definition) is 0. The lowest BCUT2D eigenvalue weighted by Gasteiger charge is -2.36. The highest BCUT2D eigenvalue weighted by Gasteiger charge is 2.39. The van der Waals surface area contributed by atoms with E-state index in [4.69, 9.17) is 33.2 Å². The molecule has 0 saturated carbocycles. The Morgan fingerprint density at radius 2 is 0.720 bits per heavy atom. The van der Waals surface area contributed by atoms with Gasteiger partial charge >= 0.3 is 24.4 Å². The highest BCUT2D eigenvalue weighted by atomic mass is 16.7. The zero-order valence-electron chi connectivity index (χ0n) is 55.6. The van der Waals surface area contributed by atoms with E-state index in [0.29, 0.717) is 47.0 Å². The van der Waals surface area contributed by atoms with Gasteiger partial charge < -0.3 is 33.2 Å². The third-order valence-electron chi connectivity index (χ3n) is 14.4. The first-order valence-corrected chi connectivity index (χ1v) is 29.1. The second kappa shape index (κ2) is 24.2. The molecule has 0 aliphatic heterocycles. The molecule has 0 amide bonds. The van der Waals surface area contributed by atoms with Crippen molar-refractivity contribution in [1.82, 2.24) is 0 Å². The van der Waals surface area contributed by atoms with Crippen LogP contribution in [0.5, 0.6) is 23.0 Å². The zero-order chi connectivity index (χ0) is 63.1. The lowest BCUT2D eigenvalue weighted by molar-refractivity contribution is -0.129. The second-order valence-electron chi connectivity index (χ2n) is 31.0. The van der Waals surface area contributed by atoms with Crippen LogP contribution < -0.4 is 18.9 Å². The molecule has 0 N–H and O–H groups in total. The molecule has 0 aliphatic rings. The van der Waals surface area contributed by atoms with Crippen LogP contribution in [0.3, 0.4) is 0 Å².